The topological polar surface area (TPSA) is 66.8 Å². The zero-order chi connectivity index (χ0) is 14.9. The van der Waals surface area contributed by atoms with Crippen LogP contribution in [0.1, 0.15) is 6.92 Å². The van der Waals surface area contributed by atoms with Crippen molar-refractivity contribution in [2.45, 2.75) is 24.0 Å². The zero-order valence-corrected chi connectivity index (χ0v) is 13.1. The van der Waals surface area contributed by atoms with E-state index in [1.54, 1.807) is 6.92 Å². The van der Waals surface area contributed by atoms with Gasteiger partial charge in [0.15, 0.2) is 0 Å². The second-order valence-electron chi connectivity index (χ2n) is 4.64. The minimum absolute atomic E-state index is 0.0305. The summed E-state index contributed by atoms with van der Waals surface area (Å²) in [7, 11) is -3.78. The zero-order valence-electron chi connectivity index (χ0n) is 10.8. The molecule has 1 aliphatic rings. The Morgan fingerprint density at radius 1 is 1.45 bits per heavy atom. The van der Waals surface area contributed by atoms with Crippen molar-refractivity contribution in [2.24, 2.45) is 0 Å². The van der Waals surface area contributed by atoms with Gasteiger partial charge in [-0.3, -0.25) is 0 Å². The number of ether oxygens (including phenoxy) is 1. The molecule has 1 aliphatic heterocycles. The van der Waals surface area contributed by atoms with Crippen molar-refractivity contribution in [1.82, 2.24) is 4.31 Å². The smallest absolute Gasteiger partial charge is 0.245 e. The lowest BCUT2D eigenvalue weighted by atomic mass is 10.2. The highest BCUT2D eigenvalue weighted by molar-refractivity contribution is 7.89. The molecule has 0 spiro atoms. The highest BCUT2D eigenvalue weighted by atomic mass is 35.5. The maximum atomic E-state index is 12.7. The molecule has 0 amide bonds. The lowest BCUT2D eigenvalue weighted by molar-refractivity contribution is -0.0516. The van der Waals surface area contributed by atoms with Crippen LogP contribution in [0.25, 0.3) is 0 Å². The fourth-order valence-corrected chi connectivity index (χ4v) is 4.43. The first-order valence-corrected chi connectivity index (χ1v) is 8.25. The average Bonchev–Trinajstić information content (AvgIpc) is 2.41. The average molecular weight is 340 g/mol. The van der Waals surface area contributed by atoms with E-state index in [9.17, 15) is 8.42 Å². The predicted octanol–water partition coefficient (Wildman–Crippen LogP) is 1.76. The van der Waals surface area contributed by atoms with Crippen molar-refractivity contribution in [3.8, 4) is 0 Å². The molecule has 1 N–H and O–H groups in total. The molecule has 5 nitrogen and oxygen atoms in total. The second kappa shape index (κ2) is 6.17. The summed E-state index contributed by atoms with van der Waals surface area (Å²) in [6.45, 7) is 1.82. The molecule has 1 saturated heterocycles. The van der Waals surface area contributed by atoms with E-state index in [1.165, 1.54) is 22.5 Å². The van der Waals surface area contributed by atoms with E-state index in [-0.39, 0.29) is 35.7 Å². The summed E-state index contributed by atoms with van der Waals surface area (Å²) in [6.07, 6.45) is -0.529. The predicted molar refractivity (Wildman–Crippen MR) is 76.6 cm³/mol. The van der Waals surface area contributed by atoms with Crippen LogP contribution in [-0.2, 0) is 14.8 Å². The molecule has 1 aromatic carbocycles. The normalized spacial score (nSPS) is 24.8. The van der Waals surface area contributed by atoms with Gasteiger partial charge in [0.2, 0.25) is 10.0 Å². The molecular formula is C12H15Cl2NO4S. The Morgan fingerprint density at radius 2 is 2.15 bits per heavy atom. The molecule has 2 unspecified atom stereocenters. The second-order valence-corrected chi connectivity index (χ2v) is 7.34. The number of aliphatic hydroxyl groups is 1. The van der Waals surface area contributed by atoms with Crippen LogP contribution in [0.2, 0.25) is 10.0 Å². The van der Waals surface area contributed by atoms with Crippen molar-refractivity contribution in [2.75, 3.05) is 19.8 Å². The lowest BCUT2D eigenvalue weighted by Crippen LogP contribution is -2.51. The molecule has 1 aromatic rings. The summed E-state index contributed by atoms with van der Waals surface area (Å²) in [5, 5.41) is 9.55. The van der Waals surface area contributed by atoms with Crippen LogP contribution in [0.15, 0.2) is 23.1 Å². The van der Waals surface area contributed by atoms with Crippen molar-refractivity contribution < 1.29 is 18.3 Å². The summed E-state index contributed by atoms with van der Waals surface area (Å²) in [4.78, 5) is -0.0305. The Kier molecular flexibility index (Phi) is 4.94. The summed E-state index contributed by atoms with van der Waals surface area (Å²) in [6, 6.07) is 3.97. The van der Waals surface area contributed by atoms with Crippen molar-refractivity contribution >= 4 is 33.2 Å². The molecule has 1 heterocycles. The Balaban J connectivity index is 2.40. The largest absolute Gasteiger partial charge is 0.394 e. The number of hydrogen-bond donors (Lipinski definition) is 1. The first-order chi connectivity index (χ1) is 9.36. The van der Waals surface area contributed by atoms with Crippen LogP contribution in [0.3, 0.4) is 0 Å². The van der Waals surface area contributed by atoms with Crippen molar-refractivity contribution in [3.63, 3.8) is 0 Å². The third-order valence-electron chi connectivity index (χ3n) is 3.13. The van der Waals surface area contributed by atoms with Crippen LogP contribution < -0.4 is 0 Å². The lowest BCUT2D eigenvalue weighted by Gasteiger charge is -2.36. The highest BCUT2D eigenvalue weighted by Gasteiger charge is 2.36. The number of aliphatic hydroxyl groups excluding tert-OH is 1. The van der Waals surface area contributed by atoms with E-state index in [1.807, 2.05) is 0 Å². The third-order valence-corrected chi connectivity index (χ3v) is 5.83. The van der Waals surface area contributed by atoms with E-state index < -0.39 is 16.1 Å². The van der Waals surface area contributed by atoms with E-state index in [0.717, 1.165) is 0 Å². The van der Waals surface area contributed by atoms with Gasteiger partial charge in [0.1, 0.15) is 4.90 Å². The summed E-state index contributed by atoms with van der Waals surface area (Å²) >= 11 is 11.8. The standard InChI is InChI=1S/C12H15Cl2NO4S/c1-8-7-19-10(6-16)5-15(8)20(17,18)12-4-9(13)2-3-11(12)14/h2-4,8,10,16H,5-7H2,1H3. The van der Waals surface area contributed by atoms with Gasteiger partial charge in [-0.2, -0.15) is 4.31 Å². The van der Waals surface area contributed by atoms with Gasteiger partial charge in [-0.15, -0.1) is 0 Å². The minimum atomic E-state index is -3.78. The summed E-state index contributed by atoms with van der Waals surface area (Å²) in [5.41, 5.74) is 0. The van der Waals surface area contributed by atoms with Gasteiger partial charge in [-0.25, -0.2) is 8.42 Å². The quantitative estimate of drug-likeness (QED) is 0.911. The number of rotatable bonds is 3. The van der Waals surface area contributed by atoms with E-state index >= 15 is 0 Å². The van der Waals surface area contributed by atoms with Crippen LogP contribution in [-0.4, -0.2) is 49.7 Å². The molecular weight excluding hydrogens is 325 g/mol. The Labute approximate surface area is 128 Å². The van der Waals surface area contributed by atoms with Crippen LogP contribution in [0.4, 0.5) is 0 Å². The number of halogens is 2. The van der Waals surface area contributed by atoms with Crippen LogP contribution >= 0.6 is 23.2 Å². The van der Waals surface area contributed by atoms with Crippen molar-refractivity contribution in [1.29, 1.82) is 0 Å². The first kappa shape index (κ1) is 16.0. The summed E-state index contributed by atoms with van der Waals surface area (Å²) in [5.74, 6) is 0. The molecule has 20 heavy (non-hydrogen) atoms. The van der Waals surface area contributed by atoms with Gasteiger partial charge in [0.25, 0.3) is 0 Å². The van der Waals surface area contributed by atoms with Gasteiger partial charge >= 0.3 is 0 Å². The molecule has 0 aliphatic carbocycles. The minimum Gasteiger partial charge on any atom is -0.394 e. The highest BCUT2D eigenvalue weighted by Crippen LogP contribution is 2.30. The maximum absolute atomic E-state index is 12.7. The number of hydrogen-bond acceptors (Lipinski definition) is 4. The molecule has 0 bridgehead atoms. The Morgan fingerprint density at radius 3 is 2.80 bits per heavy atom. The number of benzene rings is 1. The SMILES string of the molecule is CC1COC(CO)CN1S(=O)(=O)c1cc(Cl)ccc1Cl. The molecule has 0 radical (unpaired) electrons. The Hall–Kier alpha value is -0.370. The molecule has 8 heteroatoms. The molecule has 2 rings (SSSR count). The molecule has 2 atom stereocenters. The first-order valence-electron chi connectivity index (χ1n) is 6.05. The van der Waals surface area contributed by atoms with Gasteiger partial charge in [0, 0.05) is 17.6 Å². The van der Waals surface area contributed by atoms with Gasteiger partial charge in [-0.1, -0.05) is 23.2 Å². The van der Waals surface area contributed by atoms with Gasteiger partial charge < -0.3 is 9.84 Å². The van der Waals surface area contributed by atoms with E-state index in [2.05, 4.69) is 0 Å². The van der Waals surface area contributed by atoms with E-state index in [4.69, 9.17) is 33.0 Å². The Bertz CT molecular complexity index is 593. The van der Waals surface area contributed by atoms with Crippen LogP contribution in [0.5, 0.6) is 0 Å². The third kappa shape index (κ3) is 3.10. The summed E-state index contributed by atoms with van der Waals surface area (Å²) < 4.78 is 32.0. The fraction of sp³-hybridized carbons (Fsp3) is 0.500. The monoisotopic (exact) mass is 339 g/mol. The van der Waals surface area contributed by atoms with Gasteiger partial charge in [0.05, 0.1) is 24.3 Å². The van der Waals surface area contributed by atoms with E-state index in [0.29, 0.717) is 5.02 Å². The van der Waals surface area contributed by atoms with Crippen molar-refractivity contribution in [3.05, 3.63) is 28.2 Å². The van der Waals surface area contributed by atoms with Gasteiger partial charge in [-0.05, 0) is 25.1 Å². The number of morpholine rings is 1. The number of nitrogens with zero attached hydrogens (tertiary/aromatic N) is 1. The molecule has 1 fully saturated rings. The number of sulfonamides is 1. The fourth-order valence-electron chi connectivity index (χ4n) is 2.04. The molecule has 0 saturated carbocycles. The van der Waals surface area contributed by atoms with Crippen LogP contribution in [0, 0.1) is 0 Å². The molecule has 112 valence electrons. The molecule has 0 aromatic heterocycles. The maximum Gasteiger partial charge on any atom is 0.245 e.